The Hall–Kier alpha value is -1.20. The van der Waals surface area contributed by atoms with Gasteiger partial charge in [0.25, 0.3) is 0 Å². The van der Waals surface area contributed by atoms with Crippen molar-refractivity contribution in [1.82, 2.24) is 10.2 Å². The highest BCUT2D eigenvalue weighted by atomic mass is 16.5. The first-order valence-corrected chi connectivity index (χ1v) is 4.65. The second kappa shape index (κ2) is 4.34. The van der Waals surface area contributed by atoms with Crippen LogP contribution in [0.25, 0.3) is 0 Å². The standard InChI is InChI=1S/C9H13N3O2/c13-6-8-7-14-5-4-12(8)9-2-1-3-10-11-9/h1-3,8,13H,4-7H2. The predicted octanol–water partition coefficient (Wildman–Crippen LogP) is -0.326. The largest absolute Gasteiger partial charge is 0.394 e. The fourth-order valence-electron chi connectivity index (χ4n) is 1.55. The maximum absolute atomic E-state index is 9.15. The lowest BCUT2D eigenvalue weighted by Gasteiger charge is -2.34. The van der Waals surface area contributed by atoms with Crippen molar-refractivity contribution in [3.63, 3.8) is 0 Å². The average Bonchev–Trinajstić information content (AvgIpc) is 2.30. The molecule has 0 radical (unpaired) electrons. The third-order valence-corrected chi connectivity index (χ3v) is 2.29. The molecule has 0 aromatic carbocycles. The Balaban J connectivity index is 2.15. The summed E-state index contributed by atoms with van der Waals surface area (Å²) in [4.78, 5) is 2.02. The molecule has 0 saturated carbocycles. The first-order chi connectivity index (χ1) is 6.92. The van der Waals surface area contributed by atoms with E-state index in [1.54, 1.807) is 6.20 Å². The van der Waals surface area contributed by atoms with Gasteiger partial charge in [0.05, 0.1) is 25.9 Å². The first kappa shape index (κ1) is 9.36. The molecule has 1 fully saturated rings. The molecule has 1 saturated heterocycles. The van der Waals surface area contributed by atoms with Crippen LogP contribution in [0.4, 0.5) is 5.82 Å². The van der Waals surface area contributed by atoms with E-state index >= 15 is 0 Å². The van der Waals surface area contributed by atoms with Gasteiger partial charge in [-0.2, -0.15) is 5.10 Å². The van der Waals surface area contributed by atoms with Gasteiger partial charge in [0.15, 0.2) is 5.82 Å². The molecule has 0 aliphatic carbocycles. The number of aliphatic hydroxyl groups is 1. The van der Waals surface area contributed by atoms with Crippen LogP contribution in [0.15, 0.2) is 18.3 Å². The van der Waals surface area contributed by atoms with Gasteiger partial charge in [0.1, 0.15) is 0 Å². The summed E-state index contributed by atoms with van der Waals surface area (Å²) in [5.41, 5.74) is 0. The van der Waals surface area contributed by atoms with E-state index in [9.17, 15) is 0 Å². The zero-order chi connectivity index (χ0) is 9.80. The third-order valence-electron chi connectivity index (χ3n) is 2.29. The highest BCUT2D eigenvalue weighted by Gasteiger charge is 2.23. The van der Waals surface area contributed by atoms with Crippen LogP contribution in [0, 0.1) is 0 Å². The molecule has 1 aliphatic rings. The minimum atomic E-state index is 0.000417. The molecule has 1 atom stereocenters. The molecule has 2 rings (SSSR count). The molecular formula is C9H13N3O2. The molecule has 5 heteroatoms. The third kappa shape index (κ3) is 1.83. The Morgan fingerprint density at radius 3 is 3.29 bits per heavy atom. The first-order valence-electron chi connectivity index (χ1n) is 4.65. The lowest BCUT2D eigenvalue weighted by atomic mass is 10.2. The molecule has 0 amide bonds. The number of rotatable bonds is 2. The highest BCUT2D eigenvalue weighted by Crippen LogP contribution is 2.15. The van der Waals surface area contributed by atoms with E-state index < -0.39 is 0 Å². The van der Waals surface area contributed by atoms with Crippen molar-refractivity contribution >= 4 is 5.82 Å². The molecule has 1 aromatic heterocycles. The zero-order valence-electron chi connectivity index (χ0n) is 7.83. The summed E-state index contributed by atoms with van der Waals surface area (Å²) in [6.45, 7) is 2.06. The number of morpholine rings is 1. The molecular weight excluding hydrogens is 182 g/mol. The second-order valence-electron chi connectivity index (χ2n) is 3.19. The van der Waals surface area contributed by atoms with Gasteiger partial charge in [-0.3, -0.25) is 0 Å². The normalized spacial score (nSPS) is 22.4. The number of hydrogen-bond donors (Lipinski definition) is 1. The molecule has 76 valence electrons. The van der Waals surface area contributed by atoms with E-state index in [-0.39, 0.29) is 12.6 Å². The van der Waals surface area contributed by atoms with Crippen LogP contribution < -0.4 is 4.90 Å². The fraction of sp³-hybridized carbons (Fsp3) is 0.556. The molecule has 1 unspecified atom stereocenters. The van der Waals surface area contributed by atoms with Crippen LogP contribution in [-0.2, 0) is 4.74 Å². The number of aliphatic hydroxyl groups excluding tert-OH is 1. The van der Waals surface area contributed by atoms with Crippen LogP contribution in [0.1, 0.15) is 0 Å². The van der Waals surface area contributed by atoms with E-state index in [0.717, 1.165) is 12.4 Å². The Kier molecular flexibility index (Phi) is 2.90. The van der Waals surface area contributed by atoms with E-state index in [1.807, 2.05) is 17.0 Å². The number of anilines is 1. The lowest BCUT2D eigenvalue weighted by molar-refractivity contribution is 0.0722. The molecule has 0 spiro atoms. The fourth-order valence-corrected chi connectivity index (χ4v) is 1.55. The number of nitrogens with zero attached hydrogens (tertiary/aromatic N) is 3. The summed E-state index contributed by atoms with van der Waals surface area (Å²) in [5.74, 6) is 0.801. The van der Waals surface area contributed by atoms with Crippen LogP contribution in [0.2, 0.25) is 0 Å². The molecule has 0 bridgehead atoms. The summed E-state index contributed by atoms with van der Waals surface area (Å²) >= 11 is 0. The minimum Gasteiger partial charge on any atom is -0.394 e. The quantitative estimate of drug-likeness (QED) is 0.700. The Morgan fingerprint density at radius 2 is 2.57 bits per heavy atom. The molecule has 14 heavy (non-hydrogen) atoms. The van der Waals surface area contributed by atoms with Crippen molar-refractivity contribution in [3.05, 3.63) is 18.3 Å². The lowest BCUT2D eigenvalue weighted by Crippen LogP contribution is -2.48. The average molecular weight is 195 g/mol. The van der Waals surface area contributed by atoms with Crippen molar-refractivity contribution in [1.29, 1.82) is 0 Å². The van der Waals surface area contributed by atoms with Gasteiger partial charge in [-0.25, -0.2) is 0 Å². The maximum atomic E-state index is 9.15. The van der Waals surface area contributed by atoms with Crippen molar-refractivity contribution in [2.45, 2.75) is 6.04 Å². The smallest absolute Gasteiger partial charge is 0.151 e. The van der Waals surface area contributed by atoms with Gasteiger partial charge in [-0.05, 0) is 12.1 Å². The second-order valence-corrected chi connectivity index (χ2v) is 3.19. The SMILES string of the molecule is OCC1COCCN1c1cccnn1. The maximum Gasteiger partial charge on any atom is 0.151 e. The van der Waals surface area contributed by atoms with Gasteiger partial charge >= 0.3 is 0 Å². The minimum absolute atomic E-state index is 0.000417. The van der Waals surface area contributed by atoms with Gasteiger partial charge in [-0.15, -0.1) is 5.10 Å². The van der Waals surface area contributed by atoms with Crippen LogP contribution in [-0.4, -0.2) is 47.7 Å². The van der Waals surface area contributed by atoms with E-state index in [1.165, 1.54) is 0 Å². The summed E-state index contributed by atoms with van der Waals surface area (Å²) < 4.78 is 5.27. The van der Waals surface area contributed by atoms with E-state index in [4.69, 9.17) is 9.84 Å². The van der Waals surface area contributed by atoms with Crippen LogP contribution >= 0.6 is 0 Å². The number of aromatic nitrogens is 2. The summed E-state index contributed by atoms with van der Waals surface area (Å²) in [6.07, 6.45) is 1.64. The molecule has 2 heterocycles. The summed E-state index contributed by atoms with van der Waals surface area (Å²) in [7, 11) is 0. The molecule has 1 aromatic rings. The predicted molar refractivity (Wildman–Crippen MR) is 51.1 cm³/mol. The van der Waals surface area contributed by atoms with E-state index in [0.29, 0.717) is 13.2 Å². The molecule has 1 N–H and O–H groups in total. The monoisotopic (exact) mass is 195 g/mol. The van der Waals surface area contributed by atoms with Gasteiger partial charge in [0.2, 0.25) is 0 Å². The van der Waals surface area contributed by atoms with Crippen molar-refractivity contribution in [2.24, 2.45) is 0 Å². The summed E-state index contributed by atoms with van der Waals surface area (Å²) in [6, 6.07) is 3.73. The molecule has 1 aliphatic heterocycles. The summed E-state index contributed by atoms with van der Waals surface area (Å²) in [5, 5.41) is 17.0. The highest BCUT2D eigenvalue weighted by molar-refractivity contribution is 5.38. The van der Waals surface area contributed by atoms with Crippen molar-refractivity contribution in [2.75, 3.05) is 31.3 Å². The number of ether oxygens (including phenoxy) is 1. The van der Waals surface area contributed by atoms with Gasteiger partial charge in [-0.1, -0.05) is 0 Å². The molecule has 5 nitrogen and oxygen atoms in total. The van der Waals surface area contributed by atoms with Gasteiger partial charge < -0.3 is 14.7 Å². The Bertz CT molecular complexity index is 281. The Labute approximate surface area is 82.3 Å². The van der Waals surface area contributed by atoms with Crippen molar-refractivity contribution in [3.8, 4) is 0 Å². The van der Waals surface area contributed by atoms with Gasteiger partial charge in [0, 0.05) is 12.7 Å². The van der Waals surface area contributed by atoms with Crippen LogP contribution in [0.5, 0.6) is 0 Å². The van der Waals surface area contributed by atoms with Crippen molar-refractivity contribution < 1.29 is 9.84 Å². The van der Waals surface area contributed by atoms with E-state index in [2.05, 4.69) is 10.2 Å². The zero-order valence-corrected chi connectivity index (χ0v) is 7.83. The van der Waals surface area contributed by atoms with Crippen LogP contribution in [0.3, 0.4) is 0 Å². The number of hydrogen-bond acceptors (Lipinski definition) is 5. The Morgan fingerprint density at radius 1 is 1.64 bits per heavy atom. The topological polar surface area (TPSA) is 58.5 Å².